The number of carbonyl (C=O) groups excluding carboxylic acids is 2. The first-order chi connectivity index (χ1) is 16.1. The van der Waals surface area contributed by atoms with Crippen molar-refractivity contribution in [1.82, 2.24) is 5.32 Å². The molecule has 170 valence electrons. The monoisotopic (exact) mass is 459 g/mol. The lowest BCUT2D eigenvalue weighted by molar-refractivity contribution is -0.120. The lowest BCUT2D eigenvalue weighted by atomic mass is 10.0. The van der Waals surface area contributed by atoms with Crippen LogP contribution in [-0.2, 0) is 28.9 Å². The number of aryl methyl sites for hydroxylation is 1. The van der Waals surface area contributed by atoms with Gasteiger partial charge in [-0.15, -0.1) is 11.3 Å². The van der Waals surface area contributed by atoms with Gasteiger partial charge in [0.15, 0.2) is 0 Å². The third-order valence-corrected chi connectivity index (χ3v) is 6.85. The number of carbonyl (C=O) groups is 2. The van der Waals surface area contributed by atoms with Crippen molar-refractivity contribution < 1.29 is 9.59 Å². The highest BCUT2D eigenvalue weighted by molar-refractivity contribution is 7.09. The molecule has 3 aromatic rings. The van der Waals surface area contributed by atoms with E-state index in [1.54, 1.807) is 17.4 Å². The number of thiophene rings is 1. The van der Waals surface area contributed by atoms with Crippen LogP contribution in [-0.4, -0.2) is 30.4 Å². The minimum absolute atomic E-state index is 0.0413. The molecule has 0 spiro atoms. The smallest absolute Gasteiger partial charge is 0.250 e. The first-order valence-electron chi connectivity index (χ1n) is 11.3. The molecule has 3 N–H and O–H groups in total. The summed E-state index contributed by atoms with van der Waals surface area (Å²) in [6.07, 6.45) is 6.50. The number of nitrogens with one attached hydrogen (secondary N) is 1. The quantitative estimate of drug-likeness (QED) is 0.452. The number of nitrogens with two attached hydrogens (primary N) is 1. The summed E-state index contributed by atoms with van der Waals surface area (Å²) < 4.78 is 0. The molecule has 0 radical (unpaired) electrons. The fraction of sp³-hybridized carbons (Fsp3) is 0.259. The summed E-state index contributed by atoms with van der Waals surface area (Å²) in [6.45, 7) is 0.687. The van der Waals surface area contributed by atoms with Crippen molar-refractivity contribution in [1.29, 1.82) is 0 Å². The fourth-order valence-electron chi connectivity index (χ4n) is 4.19. The van der Waals surface area contributed by atoms with Crippen molar-refractivity contribution in [2.45, 2.75) is 37.8 Å². The second-order valence-corrected chi connectivity index (χ2v) is 9.30. The molecule has 2 atom stereocenters. The molecule has 4 rings (SSSR count). The maximum absolute atomic E-state index is 13.0. The number of fused-ring (bicyclic) bond motifs is 1. The van der Waals surface area contributed by atoms with Crippen LogP contribution in [0.5, 0.6) is 0 Å². The Balaban J connectivity index is 1.47. The highest BCUT2D eigenvalue weighted by Crippen LogP contribution is 2.27. The van der Waals surface area contributed by atoms with Crippen molar-refractivity contribution in [2.24, 2.45) is 5.73 Å². The van der Waals surface area contributed by atoms with Crippen LogP contribution in [0.3, 0.4) is 0 Å². The van der Waals surface area contributed by atoms with E-state index in [4.69, 9.17) is 5.73 Å². The standard InChI is InChI=1S/C27H29N3O2S/c28-27(32)24(19-23-10-6-18-33-23)29-22(13-12-20-7-2-1-3-8-20)14-15-26(31)30-17-16-21-9-4-5-11-25(21)30/h1-11,14-15,18,22,24,29H,12-13,16-17,19H2,(H2,28,32)/b15-14+/t22-,24-/m0/s1. The third-order valence-electron chi connectivity index (χ3n) is 5.96. The van der Waals surface area contributed by atoms with E-state index in [2.05, 4.69) is 23.5 Å². The molecule has 0 fully saturated rings. The van der Waals surface area contributed by atoms with Crippen LogP contribution in [0.4, 0.5) is 5.69 Å². The summed E-state index contributed by atoms with van der Waals surface area (Å²) in [7, 11) is 0. The molecule has 0 bridgehead atoms. The van der Waals surface area contributed by atoms with Crippen LogP contribution in [0.15, 0.2) is 84.3 Å². The molecular formula is C27H29N3O2S. The summed E-state index contributed by atoms with van der Waals surface area (Å²) in [4.78, 5) is 28.1. The number of nitrogens with zero attached hydrogens (tertiary/aromatic N) is 1. The second kappa shape index (κ2) is 11.1. The van der Waals surface area contributed by atoms with E-state index in [1.807, 2.05) is 64.9 Å². The molecule has 0 saturated heterocycles. The molecule has 0 aliphatic carbocycles. The Morgan fingerprint density at radius 2 is 1.85 bits per heavy atom. The summed E-state index contributed by atoms with van der Waals surface area (Å²) in [6, 6.07) is 21.5. The van der Waals surface area contributed by atoms with Gasteiger partial charge in [0.05, 0.1) is 6.04 Å². The zero-order valence-electron chi connectivity index (χ0n) is 18.5. The van der Waals surface area contributed by atoms with Gasteiger partial charge in [0, 0.05) is 35.6 Å². The number of amides is 2. The molecule has 33 heavy (non-hydrogen) atoms. The van der Waals surface area contributed by atoms with Gasteiger partial charge in [-0.1, -0.05) is 60.7 Å². The molecule has 0 unspecified atom stereocenters. The first-order valence-corrected chi connectivity index (χ1v) is 12.2. The average molecular weight is 460 g/mol. The van der Waals surface area contributed by atoms with E-state index < -0.39 is 6.04 Å². The van der Waals surface area contributed by atoms with Crippen molar-refractivity contribution in [3.05, 3.63) is 100 Å². The van der Waals surface area contributed by atoms with Crippen molar-refractivity contribution in [3.63, 3.8) is 0 Å². The molecule has 1 aliphatic heterocycles. The largest absolute Gasteiger partial charge is 0.368 e. The van der Waals surface area contributed by atoms with Gasteiger partial charge in [0.1, 0.15) is 0 Å². The van der Waals surface area contributed by atoms with E-state index in [0.29, 0.717) is 13.0 Å². The van der Waals surface area contributed by atoms with Gasteiger partial charge >= 0.3 is 0 Å². The van der Waals surface area contributed by atoms with Crippen molar-refractivity contribution >= 4 is 28.8 Å². The molecule has 6 heteroatoms. The zero-order valence-corrected chi connectivity index (χ0v) is 19.3. The minimum Gasteiger partial charge on any atom is -0.368 e. The lowest BCUT2D eigenvalue weighted by Crippen LogP contribution is -2.47. The topological polar surface area (TPSA) is 75.4 Å². The number of anilines is 1. The molecule has 1 aliphatic rings. The van der Waals surface area contributed by atoms with Crippen LogP contribution in [0.25, 0.3) is 0 Å². The predicted octanol–water partition coefficient (Wildman–Crippen LogP) is 3.88. The molecule has 0 saturated carbocycles. The van der Waals surface area contributed by atoms with Crippen LogP contribution in [0.1, 0.15) is 22.4 Å². The Labute approximate surface area is 198 Å². The molecule has 2 heterocycles. The maximum atomic E-state index is 13.0. The van der Waals surface area contributed by atoms with E-state index in [1.165, 1.54) is 11.1 Å². The van der Waals surface area contributed by atoms with Crippen LogP contribution in [0.2, 0.25) is 0 Å². The van der Waals surface area contributed by atoms with Crippen LogP contribution < -0.4 is 16.0 Å². The summed E-state index contributed by atoms with van der Waals surface area (Å²) >= 11 is 1.61. The predicted molar refractivity (Wildman–Crippen MR) is 134 cm³/mol. The lowest BCUT2D eigenvalue weighted by Gasteiger charge is -2.22. The van der Waals surface area contributed by atoms with E-state index >= 15 is 0 Å². The number of hydrogen-bond acceptors (Lipinski definition) is 4. The minimum atomic E-state index is -0.503. The van der Waals surface area contributed by atoms with E-state index in [0.717, 1.165) is 29.8 Å². The summed E-state index contributed by atoms with van der Waals surface area (Å²) in [5.74, 6) is -0.429. The maximum Gasteiger partial charge on any atom is 0.250 e. The third kappa shape index (κ3) is 6.18. The van der Waals surface area contributed by atoms with Gasteiger partial charge in [-0.3, -0.25) is 14.9 Å². The number of para-hydroxylation sites is 1. The van der Waals surface area contributed by atoms with E-state index in [9.17, 15) is 9.59 Å². The van der Waals surface area contributed by atoms with Gasteiger partial charge in [-0.05, 0) is 47.9 Å². The second-order valence-electron chi connectivity index (χ2n) is 8.26. The van der Waals surface area contributed by atoms with Crippen molar-refractivity contribution in [3.8, 4) is 0 Å². The summed E-state index contributed by atoms with van der Waals surface area (Å²) in [5, 5.41) is 5.39. The Hall–Kier alpha value is -3.22. The molecule has 2 aromatic carbocycles. The number of rotatable bonds is 10. The highest BCUT2D eigenvalue weighted by Gasteiger charge is 2.24. The Bertz CT molecular complexity index is 1100. The van der Waals surface area contributed by atoms with Gasteiger partial charge in [0.25, 0.3) is 5.91 Å². The first kappa shape index (κ1) is 23.0. The Morgan fingerprint density at radius 3 is 2.61 bits per heavy atom. The van der Waals surface area contributed by atoms with Crippen LogP contribution >= 0.6 is 11.3 Å². The number of benzene rings is 2. The summed E-state index contributed by atoms with van der Waals surface area (Å²) in [5.41, 5.74) is 9.11. The Morgan fingerprint density at radius 1 is 1.06 bits per heavy atom. The van der Waals surface area contributed by atoms with E-state index in [-0.39, 0.29) is 17.9 Å². The molecule has 5 nitrogen and oxygen atoms in total. The number of primary amides is 1. The zero-order chi connectivity index (χ0) is 23.0. The molecular weight excluding hydrogens is 430 g/mol. The van der Waals surface area contributed by atoms with Crippen molar-refractivity contribution in [2.75, 3.05) is 11.4 Å². The van der Waals surface area contributed by atoms with Gasteiger partial charge < -0.3 is 10.6 Å². The highest BCUT2D eigenvalue weighted by atomic mass is 32.1. The average Bonchev–Trinajstić information content (AvgIpc) is 3.50. The van der Waals surface area contributed by atoms with Gasteiger partial charge in [-0.2, -0.15) is 0 Å². The fourth-order valence-corrected chi connectivity index (χ4v) is 4.94. The SMILES string of the molecule is NC(=O)[C@H](Cc1cccs1)N[C@H](/C=C/C(=O)N1CCc2ccccc21)CCc1ccccc1. The number of hydrogen-bond donors (Lipinski definition) is 2. The normalized spacial score (nSPS) is 14.8. The van der Waals surface area contributed by atoms with Crippen LogP contribution in [0, 0.1) is 0 Å². The Kier molecular flexibility index (Phi) is 7.70. The molecule has 2 amide bonds. The van der Waals surface area contributed by atoms with Gasteiger partial charge in [0.2, 0.25) is 5.91 Å². The molecule has 1 aromatic heterocycles. The van der Waals surface area contributed by atoms with Gasteiger partial charge in [-0.25, -0.2) is 0 Å².